The highest BCUT2D eigenvalue weighted by Gasteiger charge is 2.64. The molecular weight excluding hydrogens is 730 g/mol. The van der Waals surface area contributed by atoms with Gasteiger partial charge in [0.2, 0.25) is 0 Å². The van der Waals surface area contributed by atoms with Crippen LogP contribution in [0.5, 0.6) is 0 Å². The first-order chi connectivity index (χ1) is 24.8. The average Bonchev–Trinajstić information content (AvgIpc) is 3.63. The molecule has 0 bridgehead atoms. The zero-order chi connectivity index (χ0) is 38.5. The number of guanidine groups is 1. The van der Waals surface area contributed by atoms with Crippen LogP contribution >= 0.6 is 11.6 Å². The minimum absolute atomic E-state index is 0.0355. The highest BCUT2D eigenvalue weighted by Crippen LogP contribution is 2.49. The van der Waals surface area contributed by atoms with Crippen LogP contribution in [0.15, 0.2) is 72.1 Å². The van der Waals surface area contributed by atoms with Crippen molar-refractivity contribution < 1.29 is 40.7 Å². The fraction of sp³-hybridized carbons (Fsp3) is 0.371. The number of benzene rings is 2. The third-order valence-electron chi connectivity index (χ3n) is 8.97. The molecular formula is C35H33ClF6N8O3. The molecule has 1 saturated carbocycles. The number of carbonyl (C=O) groups is 2. The molecule has 3 N–H and O–H groups in total. The van der Waals surface area contributed by atoms with Crippen molar-refractivity contribution in [3.63, 3.8) is 0 Å². The number of carbonyl (C=O) groups excluding carboxylic acids is 2. The number of aliphatic imine (C=N–C) groups is 1. The molecule has 3 heterocycles. The Balaban J connectivity index is 1.41. The highest BCUT2D eigenvalue weighted by molar-refractivity contribution is 6.32. The van der Waals surface area contributed by atoms with E-state index in [0.29, 0.717) is 16.8 Å². The Morgan fingerprint density at radius 1 is 1.06 bits per heavy atom. The molecule has 1 unspecified atom stereocenters. The topological polar surface area (TPSA) is 141 Å². The van der Waals surface area contributed by atoms with Gasteiger partial charge in [0.05, 0.1) is 28.6 Å². The largest absolute Gasteiger partial charge is 0.447 e. The van der Waals surface area contributed by atoms with Gasteiger partial charge in [0, 0.05) is 5.56 Å². The van der Waals surface area contributed by atoms with Crippen LogP contribution in [-0.4, -0.2) is 60.9 Å². The average molecular weight is 763 g/mol. The van der Waals surface area contributed by atoms with E-state index in [1.54, 1.807) is 24.3 Å². The Labute approximate surface area is 304 Å². The predicted molar refractivity (Wildman–Crippen MR) is 180 cm³/mol. The van der Waals surface area contributed by atoms with Crippen LogP contribution in [0.1, 0.15) is 69.5 Å². The first-order valence-corrected chi connectivity index (χ1v) is 16.6. The summed E-state index contributed by atoms with van der Waals surface area (Å²) in [7, 11) is 0. The summed E-state index contributed by atoms with van der Waals surface area (Å²) in [4.78, 5) is 41.2. The lowest BCUT2D eigenvalue weighted by Gasteiger charge is -2.35. The molecule has 11 nitrogen and oxygen atoms in total. The molecule has 280 valence electrons. The van der Waals surface area contributed by atoms with E-state index in [-0.39, 0.29) is 41.5 Å². The van der Waals surface area contributed by atoms with Crippen LogP contribution in [0, 0.1) is 11.2 Å². The number of hydrogen-bond acceptors (Lipinski definition) is 8. The van der Waals surface area contributed by atoms with Gasteiger partial charge in [0.15, 0.2) is 17.3 Å². The van der Waals surface area contributed by atoms with Crippen LogP contribution < -0.4 is 11.1 Å². The number of alkyl carbamates (subject to hydrolysis) is 1. The third-order valence-corrected chi connectivity index (χ3v) is 9.29. The molecule has 2 aromatic heterocycles. The molecule has 0 radical (unpaired) electrons. The number of alkyl halides is 5. The van der Waals surface area contributed by atoms with Crippen LogP contribution in [0.25, 0.3) is 16.9 Å². The van der Waals surface area contributed by atoms with Gasteiger partial charge in [-0.25, -0.2) is 32.6 Å². The van der Waals surface area contributed by atoms with Crippen LogP contribution in [-0.2, 0) is 15.1 Å². The molecule has 4 aromatic rings. The minimum Gasteiger partial charge on any atom is -0.447 e. The van der Waals surface area contributed by atoms with Gasteiger partial charge in [-0.15, -0.1) is 0 Å². The maximum Gasteiger partial charge on any atom is 0.411 e. The monoisotopic (exact) mass is 762 g/mol. The fourth-order valence-corrected chi connectivity index (χ4v) is 6.53. The molecule has 0 spiro atoms. The lowest BCUT2D eigenvalue weighted by molar-refractivity contribution is -0.164. The van der Waals surface area contributed by atoms with Gasteiger partial charge in [-0.05, 0) is 60.1 Å². The summed E-state index contributed by atoms with van der Waals surface area (Å²) in [6.07, 6.45) is -7.76. The van der Waals surface area contributed by atoms with Crippen molar-refractivity contribution in [2.75, 3.05) is 6.61 Å². The van der Waals surface area contributed by atoms with Crippen molar-refractivity contribution >= 4 is 29.6 Å². The summed E-state index contributed by atoms with van der Waals surface area (Å²) in [5, 5.41) is 5.71. The van der Waals surface area contributed by atoms with E-state index in [1.807, 2.05) is 26.1 Å². The van der Waals surface area contributed by atoms with Crippen LogP contribution in [0.4, 0.5) is 31.1 Å². The van der Waals surface area contributed by atoms with E-state index in [9.17, 15) is 35.9 Å². The predicted octanol–water partition coefficient (Wildman–Crippen LogP) is 7.41. The number of halogens is 7. The molecule has 2 amide bonds. The van der Waals surface area contributed by atoms with Gasteiger partial charge in [-0.2, -0.15) is 18.3 Å². The van der Waals surface area contributed by atoms with Gasteiger partial charge in [-0.3, -0.25) is 14.7 Å². The van der Waals surface area contributed by atoms with Gasteiger partial charge < -0.3 is 15.8 Å². The Hall–Kier alpha value is -5.19. The fourth-order valence-electron chi connectivity index (χ4n) is 6.33. The van der Waals surface area contributed by atoms with Crippen molar-refractivity contribution in [2.24, 2.45) is 16.1 Å². The van der Waals surface area contributed by atoms with Crippen LogP contribution in [0.3, 0.4) is 0 Å². The summed E-state index contributed by atoms with van der Waals surface area (Å²) < 4.78 is 88.2. The zero-order valence-corrected chi connectivity index (χ0v) is 29.2. The van der Waals surface area contributed by atoms with Crippen LogP contribution in [0.2, 0.25) is 5.02 Å². The number of nitrogens with zero attached hydrogens (tertiary/aromatic N) is 6. The first kappa shape index (κ1) is 37.6. The van der Waals surface area contributed by atoms with Gasteiger partial charge in [-0.1, -0.05) is 62.7 Å². The number of aromatic nitrogens is 4. The van der Waals surface area contributed by atoms with E-state index in [0.717, 1.165) is 22.1 Å². The van der Waals surface area contributed by atoms with E-state index in [2.05, 4.69) is 15.1 Å². The second-order valence-electron chi connectivity index (χ2n) is 14.0. The molecule has 53 heavy (non-hydrogen) atoms. The Bertz CT molecular complexity index is 2050. The smallest absolute Gasteiger partial charge is 0.411 e. The Morgan fingerprint density at radius 2 is 1.75 bits per heavy atom. The molecule has 2 aromatic carbocycles. The first-order valence-electron chi connectivity index (χ1n) is 16.3. The molecule has 6 rings (SSSR count). The summed E-state index contributed by atoms with van der Waals surface area (Å²) in [6.45, 7) is 4.92. The Kier molecular flexibility index (Phi) is 9.68. The molecule has 1 fully saturated rings. The number of pyridine rings is 1. The maximum absolute atomic E-state index is 14.9. The summed E-state index contributed by atoms with van der Waals surface area (Å²) >= 11 is 6.41. The SMILES string of the molecule is CC(C)(C)CC1(c2ccc(-c3ccc(F)cn3)cc2)N=C(N)N([C@H](COC(=O)NC2(C(F)(F)F)CC2)c2ccc(Cl)c(-n3ncnc3C(F)F)c2)C1=O. The number of amides is 2. The third kappa shape index (κ3) is 7.39. The van der Waals surface area contributed by atoms with Gasteiger partial charge in [0.25, 0.3) is 12.3 Å². The van der Waals surface area contributed by atoms with E-state index < -0.39 is 65.4 Å². The van der Waals surface area contributed by atoms with Crippen molar-refractivity contribution in [1.29, 1.82) is 0 Å². The molecule has 2 atom stereocenters. The lowest BCUT2D eigenvalue weighted by atomic mass is 9.75. The Morgan fingerprint density at radius 3 is 2.34 bits per heavy atom. The molecule has 0 saturated heterocycles. The molecule has 18 heteroatoms. The standard InChI is InChI=1S/C35H33ClF6N8O3/c1-32(2,3)17-34(21-7-4-19(5-8-21)24-11-9-22(37)15-44-24)29(51)49(30(43)47-34)26(16-53-31(52)48-33(12-13-33)35(40,41)42)20-6-10-23(36)25(14-20)50-28(27(38)39)45-18-46-50/h4-11,14-15,18,26-27H,12-13,16-17H2,1-3H3,(H2,43,47)(H,48,52)/t26-,34?/m1/s1. The summed E-state index contributed by atoms with van der Waals surface area (Å²) in [5.41, 5.74) is 3.49. The van der Waals surface area contributed by atoms with Crippen molar-refractivity contribution in [3.05, 3.63) is 94.9 Å². The maximum atomic E-state index is 14.9. The summed E-state index contributed by atoms with van der Waals surface area (Å²) in [6, 6.07) is 12.2. The quantitative estimate of drug-likeness (QED) is 0.160. The number of hydrogen-bond donors (Lipinski definition) is 2. The molecule has 1 aliphatic heterocycles. The second-order valence-corrected chi connectivity index (χ2v) is 14.4. The number of rotatable bonds is 10. The van der Waals surface area contributed by atoms with Gasteiger partial charge >= 0.3 is 12.3 Å². The second kappa shape index (κ2) is 13.7. The van der Waals surface area contributed by atoms with E-state index in [1.165, 1.54) is 30.3 Å². The van der Waals surface area contributed by atoms with E-state index in [4.69, 9.17) is 27.1 Å². The lowest BCUT2D eigenvalue weighted by Crippen LogP contribution is -2.50. The highest BCUT2D eigenvalue weighted by atomic mass is 35.5. The number of nitrogens with one attached hydrogen (secondary N) is 1. The van der Waals surface area contributed by atoms with Gasteiger partial charge in [0.1, 0.15) is 24.3 Å². The number of ether oxygens (including phenoxy) is 1. The van der Waals surface area contributed by atoms with Crippen molar-refractivity contribution in [2.45, 2.75) is 69.8 Å². The van der Waals surface area contributed by atoms with Crippen molar-refractivity contribution in [3.8, 4) is 16.9 Å². The minimum atomic E-state index is -4.73. The van der Waals surface area contributed by atoms with E-state index >= 15 is 0 Å². The molecule has 1 aliphatic carbocycles. The van der Waals surface area contributed by atoms with Crippen molar-refractivity contribution in [1.82, 2.24) is 30.0 Å². The zero-order valence-electron chi connectivity index (χ0n) is 28.5. The number of nitrogens with two attached hydrogens (primary N) is 1. The molecule has 2 aliphatic rings. The summed E-state index contributed by atoms with van der Waals surface area (Å²) in [5.74, 6) is -2.22. The normalized spacial score (nSPS) is 19.0.